The summed E-state index contributed by atoms with van der Waals surface area (Å²) in [5.41, 5.74) is 2.97. The van der Waals surface area contributed by atoms with E-state index in [-0.39, 0.29) is 11.8 Å². The van der Waals surface area contributed by atoms with Gasteiger partial charge in [-0.3, -0.25) is 15.0 Å². The molecule has 0 bridgehead atoms. The fourth-order valence-corrected chi connectivity index (χ4v) is 3.35. The lowest BCUT2D eigenvalue weighted by Gasteiger charge is -2.35. The highest BCUT2D eigenvalue weighted by molar-refractivity contribution is 6.03. The van der Waals surface area contributed by atoms with Crippen molar-refractivity contribution in [2.75, 3.05) is 31.7 Å². The van der Waals surface area contributed by atoms with Crippen LogP contribution in [0.4, 0.5) is 5.69 Å². The second-order valence-corrected chi connectivity index (χ2v) is 7.20. The first-order valence-corrected chi connectivity index (χ1v) is 8.64. The van der Waals surface area contributed by atoms with Crippen LogP contribution in [0.25, 0.3) is 0 Å². The minimum absolute atomic E-state index is 0.193. The Bertz CT molecular complexity index is 570. The summed E-state index contributed by atoms with van der Waals surface area (Å²) in [5.74, 6) is 0.435. The zero-order chi connectivity index (χ0) is 17.2. The Labute approximate surface area is 140 Å². The molecule has 1 aliphatic heterocycles. The second kappa shape index (κ2) is 7.02. The fourth-order valence-electron chi connectivity index (χ4n) is 3.35. The van der Waals surface area contributed by atoms with Gasteiger partial charge in [-0.1, -0.05) is 26.8 Å². The molecular formula is C19H31N3O. The van der Waals surface area contributed by atoms with Crippen molar-refractivity contribution in [2.45, 2.75) is 46.6 Å². The number of carbonyl (C=O) groups is 1. The largest absolute Gasteiger partial charge is 0.304 e. The summed E-state index contributed by atoms with van der Waals surface area (Å²) in [6.45, 7) is 13.0. The second-order valence-electron chi connectivity index (χ2n) is 7.20. The van der Waals surface area contributed by atoms with Gasteiger partial charge >= 0.3 is 0 Å². The van der Waals surface area contributed by atoms with Crippen LogP contribution in [0.2, 0.25) is 0 Å². The zero-order valence-corrected chi connectivity index (χ0v) is 15.4. The lowest BCUT2D eigenvalue weighted by Crippen LogP contribution is -2.58. The van der Waals surface area contributed by atoms with Crippen molar-refractivity contribution < 1.29 is 4.79 Å². The van der Waals surface area contributed by atoms with Crippen LogP contribution in [-0.2, 0) is 4.79 Å². The quantitative estimate of drug-likeness (QED) is 0.876. The molecule has 1 heterocycles. The number of likely N-dealkylation sites (N-methyl/N-ethyl adjacent to an activating group) is 1. The Morgan fingerprint density at radius 3 is 2.57 bits per heavy atom. The Morgan fingerprint density at radius 2 is 2.00 bits per heavy atom. The summed E-state index contributed by atoms with van der Waals surface area (Å²) in [5, 5.41) is 3.53. The van der Waals surface area contributed by atoms with E-state index in [0.29, 0.717) is 6.67 Å². The van der Waals surface area contributed by atoms with E-state index < -0.39 is 5.54 Å². The number of nitrogens with one attached hydrogen (secondary N) is 1. The molecule has 1 aromatic carbocycles. The number of amides is 1. The molecule has 23 heavy (non-hydrogen) atoms. The van der Waals surface area contributed by atoms with Gasteiger partial charge in [-0.15, -0.1) is 0 Å². The Balaban J connectivity index is 2.27. The molecule has 0 saturated carbocycles. The van der Waals surface area contributed by atoms with Crippen molar-refractivity contribution in [1.29, 1.82) is 0 Å². The van der Waals surface area contributed by atoms with Gasteiger partial charge in [-0.25, -0.2) is 0 Å². The Hall–Kier alpha value is -1.39. The molecule has 0 aromatic heterocycles. The van der Waals surface area contributed by atoms with Gasteiger partial charge in [0.25, 0.3) is 0 Å². The highest BCUT2D eigenvalue weighted by Crippen LogP contribution is 2.30. The standard InChI is InChI=1S/C19H31N3O/c1-7-10-21(6)12-19(14(2)3)18(23)22(13-20-19)17-9-8-15(4)16(5)11-17/h8-9,11,14,20H,7,10,12-13H2,1-6H3. The third kappa shape index (κ3) is 3.43. The molecule has 0 spiro atoms. The molecular weight excluding hydrogens is 286 g/mol. The molecule has 2 rings (SSSR count). The number of aryl methyl sites for hydroxylation is 2. The summed E-state index contributed by atoms with van der Waals surface area (Å²) in [6, 6.07) is 6.26. The van der Waals surface area contributed by atoms with Gasteiger partial charge in [0.15, 0.2) is 0 Å². The molecule has 1 amide bonds. The zero-order valence-electron chi connectivity index (χ0n) is 15.4. The normalized spacial score (nSPS) is 21.7. The predicted molar refractivity (Wildman–Crippen MR) is 96.8 cm³/mol. The van der Waals surface area contributed by atoms with Crippen molar-refractivity contribution in [3.05, 3.63) is 29.3 Å². The van der Waals surface area contributed by atoms with E-state index in [0.717, 1.165) is 25.2 Å². The van der Waals surface area contributed by atoms with Gasteiger partial charge in [-0.05, 0) is 63.0 Å². The molecule has 1 aromatic rings. The topological polar surface area (TPSA) is 35.6 Å². The van der Waals surface area contributed by atoms with Gasteiger partial charge in [0.1, 0.15) is 5.54 Å². The van der Waals surface area contributed by atoms with E-state index in [4.69, 9.17) is 0 Å². The number of hydrogen-bond donors (Lipinski definition) is 1. The molecule has 128 valence electrons. The van der Waals surface area contributed by atoms with Crippen LogP contribution in [0.3, 0.4) is 0 Å². The van der Waals surface area contributed by atoms with E-state index in [9.17, 15) is 4.79 Å². The van der Waals surface area contributed by atoms with E-state index in [1.54, 1.807) is 0 Å². The van der Waals surface area contributed by atoms with Crippen molar-refractivity contribution in [3.8, 4) is 0 Å². The molecule has 0 radical (unpaired) electrons. The molecule has 1 fully saturated rings. The molecule has 4 nitrogen and oxygen atoms in total. The SMILES string of the molecule is CCCN(C)CC1(C(C)C)NCN(c2ccc(C)c(C)c2)C1=O. The van der Waals surface area contributed by atoms with E-state index in [2.05, 4.69) is 64.0 Å². The smallest absolute Gasteiger partial charge is 0.250 e. The van der Waals surface area contributed by atoms with Crippen molar-refractivity contribution in [3.63, 3.8) is 0 Å². The lowest BCUT2D eigenvalue weighted by atomic mass is 9.85. The first kappa shape index (κ1) is 18.0. The minimum atomic E-state index is -0.497. The molecule has 1 unspecified atom stereocenters. The maximum atomic E-state index is 13.2. The van der Waals surface area contributed by atoms with Gasteiger partial charge in [0, 0.05) is 12.2 Å². The van der Waals surface area contributed by atoms with Crippen LogP contribution in [0.5, 0.6) is 0 Å². The molecule has 1 atom stereocenters. The highest BCUT2D eigenvalue weighted by atomic mass is 16.2. The minimum Gasteiger partial charge on any atom is -0.304 e. The van der Waals surface area contributed by atoms with Crippen molar-refractivity contribution in [2.24, 2.45) is 5.92 Å². The Kier molecular flexibility index (Phi) is 5.48. The fraction of sp³-hybridized carbons (Fsp3) is 0.632. The summed E-state index contributed by atoms with van der Waals surface area (Å²) in [6.07, 6.45) is 1.10. The van der Waals surface area contributed by atoms with Crippen molar-refractivity contribution >= 4 is 11.6 Å². The van der Waals surface area contributed by atoms with Crippen LogP contribution < -0.4 is 10.2 Å². The van der Waals surface area contributed by atoms with Crippen LogP contribution in [0.1, 0.15) is 38.3 Å². The number of benzene rings is 1. The van der Waals surface area contributed by atoms with Crippen molar-refractivity contribution in [1.82, 2.24) is 10.2 Å². The van der Waals surface area contributed by atoms with Gasteiger partial charge in [0.2, 0.25) is 5.91 Å². The lowest BCUT2D eigenvalue weighted by molar-refractivity contribution is -0.124. The van der Waals surface area contributed by atoms with E-state index >= 15 is 0 Å². The summed E-state index contributed by atoms with van der Waals surface area (Å²) < 4.78 is 0. The average molecular weight is 317 g/mol. The first-order valence-electron chi connectivity index (χ1n) is 8.64. The predicted octanol–water partition coefficient (Wildman–Crippen LogP) is 2.93. The van der Waals surface area contributed by atoms with Crippen LogP contribution in [-0.4, -0.2) is 43.2 Å². The molecule has 1 saturated heterocycles. The van der Waals surface area contributed by atoms with E-state index in [1.165, 1.54) is 11.1 Å². The van der Waals surface area contributed by atoms with Gasteiger partial charge < -0.3 is 4.90 Å². The summed E-state index contributed by atoms with van der Waals surface area (Å²) in [7, 11) is 2.10. The number of carbonyl (C=O) groups excluding carboxylic acids is 1. The monoisotopic (exact) mass is 317 g/mol. The molecule has 0 aliphatic carbocycles. The molecule has 1 N–H and O–H groups in total. The summed E-state index contributed by atoms with van der Waals surface area (Å²) in [4.78, 5) is 17.4. The van der Waals surface area contributed by atoms with Crippen LogP contribution >= 0.6 is 0 Å². The van der Waals surface area contributed by atoms with Gasteiger partial charge in [-0.2, -0.15) is 0 Å². The third-order valence-corrected chi connectivity index (χ3v) is 5.09. The Morgan fingerprint density at radius 1 is 1.30 bits per heavy atom. The number of anilines is 1. The van der Waals surface area contributed by atoms with E-state index in [1.807, 2.05) is 11.0 Å². The molecule has 1 aliphatic rings. The maximum Gasteiger partial charge on any atom is 0.250 e. The van der Waals surface area contributed by atoms with Crippen LogP contribution in [0, 0.1) is 19.8 Å². The van der Waals surface area contributed by atoms with Gasteiger partial charge in [0.05, 0.1) is 6.67 Å². The summed E-state index contributed by atoms with van der Waals surface area (Å²) >= 11 is 0. The molecule has 4 heteroatoms. The number of rotatable bonds is 6. The first-order chi connectivity index (χ1) is 10.8. The number of nitrogens with zero attached hydrogens (tertiary/aromatic N) is 2. The average Bonchev–Trinajstić information content (AvgIpc) is 2.81. The highest BCUT2D eigenvalue weighted by Gasteiger charge is 2.49. The van der Waals surface area contributed by atoms with Crippen LogP contribution in [0.15, 0.2) is 18.2 Å². The maximum absolute atomic E-state index is 13.2. The third-order valence-electron chi connectivity index (χ3n) is 5.09. The number of hydrogen-bond acceptors (Lipinski definition) is 3.